The van der Waals surface area contributed by atoms with Gasteiger partial charge in [-0.05, 0) is 103 Å². The maximum atomic E-state index is 3.91. The molecule has 0 spiro atoms. The van der Waals surface area contributed by atoms with Crippen molar-refractivity contribution in [2.75, 3.05) is 10.2 Å². The average Bonchev–Trinajstić information content (AvgIpc) is 3.83. The molecule has 0 saturated heterocycles. The topological polar surface area (TPSA) is 15.3 Å². The number of hydrogen-bond donors (Lipinski definition) is 1. The Hall–Kier alpha value is -5.77. The maximum Gasteiger partial charge on any atom is 0.103 e. The lowest BCUT2D eigenvalue weighted by atomic mass is 9.82. The van der Waals surface area contributed by atoms with Crippen LogP contribution in [0.3, 0.4) is 0 Å². The molecule has 11 rings (SSSR count). The van der Waals surface area contributed by atoms with E-state index in [1.165, 1.54) is 93.6 Å². The minimum Gasteiger partial charge on any atom is -0.368 e. The molecule has 3 heteroatoms. The zero-order chi connectivity index (χ0) is 36.3. The van der Waals surface area contributed by atoms with Crippen LogP contribution < -0.4 is 10.2 Å². The molecule has 3 aliphatic rings. The Balaban J connectivity index is 1.12. The Morgan fingerprint density at radius 1 is 0.444 bits per heavy atom. The number of benzene rings is 8. The standard InChI is InChI=1S/C51H40N2S/c1-50(2)43-20-12-10-17-36(43)38-25-22-33(29-45(38)50)53(34-23-26-39-37-18-11-13-21-44(37)51(3,4)46(39)30-34)32-24-27-41-42(28-32)35-16-8-9-19-40(35)47-48(41)54-49(52-47)31-14-6-5-7-15-31/h5-30,49,52H,1-4H3. The maximum absolute atomic E-state index is 3.91. The van der Waals surface area contributed by atoms with Gasteiger partial charge in [-0.25, -0.2) is 0 Å². The van der Waals surface area contributed by atoms with E-state index < -0.39 is 0 Å². The SMILES string of the molecule is CC1(C)c2ccccc2-c2ccc(N(c3ccc4c(c3)C(C)(C)c3ccccc3-4)c3ccc4c5c(c6ccccc6c4c3)NC(c3ccccc3)S5)cc21. The largest absolute Gasteiger partial charge is 0.368 e. The summed E-state index contributed by atoms with van der Waals surface area (Å²) >= 11 is 1.93. The molecule has 2 aliphatic carbocycles. The molecule has 0 amide bonds. The Morgan fingerprint density at radius 2 is 0.944 bits per heavy atom. The van der Waals surface area contributed by atoms with Gasteiger partial charge in [0.15, 0.2) is 0 Å². The van der Waals surface area contributed by atoms with Crippen molar-refractivity contribution in [2.45, 2.75) is 48.8 Å². The third-order valence-corrected chi connectivity index (χ3v) is 13.8. The second kappa shape index (κ2) is 11.4. The molecule has 0 fully saturated rings. The average molecular weight is 713 g/mol. The van der Waals surface area contributed by atoms with Crippen molar-refractivity contribution in [3.8, 4) is 22.3 Å². The van der Waals surface area contributed by atoms with Gasteiger partial charge in [-0.15, -0.1) is 0 Å². The van der Waals surface area contributed by atoms with E-state index >= 15 is 0 Å². The first kappa shape index (κ1) is 31.7. The number of thioether (sulfide) groups is 1. The second-order valence-corrected chi connectivity index (χ2v) is 17.3. The second-order valence-electron chi connectivity index (χ2n) is 16.2. The molecule has 1 heterocycles. The number of hydrogen-bond acceptors (Lipinski definition) is 3. The van der Waals surface area contributed by atoms with E-state index in [9.17, 15) is 0 Å². The van der Waals surface area contributed by atoms with Crippen LogP contribution >= 0.6 is 11.8 Å². The summed E-state index contributed by atoms with van der Waals surface area (Å²) in [7, 11) is 0. The van der Waals surface area contributed by atoms with Crippen LogP contribution in [-0.4, -0.2) is 0 Å². The predicted octanol–water partition coefficient (Wildman–Crippen LogP) is 14.3. The van der Waals surface area contributed by atoms with E-state index in [0.717, 1.165) is 5.69 Å². The summed E-state index contributed by atoms with van der Waals surface area (Å²) < 4.78 is 0. The molecule has 0 radical (unpaired) electrons. The summed E-state index contributed by atoms with van der Waals surface area (Å²) in [5.74, 6) is 0. The van der Waals surface area contributed by atoms with E-state index in [-0.39, 0.29) is 16.2 Å². The fourth-order valence-corrected chi connectivity index (χ4v) is 11.0. The zero-order valence-corrected chi connectivity index (χ0v) is 31.8. The van der Waals surface area contributed by atoms with E-state index in [1.807, 2.05) is 11.8 Å². The summed E-state index contributed by atoms with van der Waals surface area (Å²) in [6, 6.07) is 59.0. The van der Waals surface area contributed by atoms with Crippen LogP contribution in [-0.2, 0) is 10.8 Å². The van der Waals surface area contributed by atoms with Gasteiger partial charge in [0.2, 0.25) is 0 Å². The van der Waals surface area contributed by atoms with Crippen molar-refractivity contribution in [3.05, 3.63) is 186 Å². The van der Waals surface area contributed by atoms with Gasteiger partial charge in [-0.1, -0.05) is 161 Å². The molecule has 2 nitrogen and oxygen atoms in total. The van der Waals surface area contributed by atoms with E-state index in [2.05, 4.69) is 196 Å². The molecule has 8 aromatic carbocycles. The molecular formula is C51H40N2S. The normalized spacial score (nSPS) is 16.7. The molecule has 0 aromatic heterocycles. The van der Waals surface area contributed by atoms with Crippen LogP contribution in [0.5, 0.6) is 0 Å². The molecular weight excluding hydrogens is 673 g/mol. The van der Waals surface area contributed by atoms with Crippen LogP contribution in [0.25, 0.3) is 43.8 Å². The minimum atomic E-state index is -0.102. The Morgan fingerprint density at radius 3 is 1.57 bits per heavy atom. The lowest BCUT2D eigenvalue weighted by Crippen LogP contribution is -2.18. The Bertz CT molecular complexity index is 2740. The van der Waals surface area contributed by atoms with Gasteiger partial charge >= 0.3 is 0 Å². The van der Waals surface area contributed by atoms with Gasteiger partial charge in [-0.2, -0.15) is 0 Å². The highest BCUT2D eigenvalue weighted by molar-refractivity contribution is 8.00. The minimum absolute atomic E-state index is 0.102. The lowest BCUT2D eigenvalue weighted by molar-refractivity contribution is 0.660. The highest BCUT2D eigenvalue weighted by Crippen LogP contribution is 2.56. The molecule has 0 saturated carbocycles. The van der Waals surface area contributed by atoms with Gasteiger partial charge in [0.1, 0.15) is 5.37 Å². The third kappa shape index (κ3) is 4.42. The van der Waals surface area contributed by atoms with Gasteiger partial charge in [0.05, 0.1) is 5.69 Å². The van der Waals surface area contributed by atoms with Crippen LogP contribution in [0.1, 0.15) is 60.9 Å². The first-order chi connectivity index (χ1) is 26.3. The molecule has 54 heavy (non-hydrogen) atoms. The monoisotopic (exact) mass is 712 g/mol. The number of fused-ring (bicyclic) bond motifs is 12. The molecule has 1 atom stereocenters. The number of nitrogens with zero attached hydrogens (tertiary/aromatic N) is 1. The number of rotatable bonds is 4. The molecule has 8 aromatic rings. The fourth-order valence-electron chi connectivity index (χ4n) is 9.72. The summed E-state index contributed by atoms with van der Waals surface area (Å²) in [6.07, 6.45) is 0. The van der Waals surface area contributed by atoms with Gasteiger partial charge in [-0.3, -0.25) is 0 Å². The van der Waals surface area contributed by atoms with Crippen molar-refractivity contribution < 1.29 is 0 Å². The quantitative estimate of drug-likeness (QED) is 0.183. The molecule has 260 valence electrons. The van der Waals surface area contributed by atoms with Gasteiger partial charge < -0.3 is 10.2 Å². The van der Waals surface area contributed by atoms with E-state index in [0.29, 0.717) is 0 Å². The van der Waals surface area contributed by atoms with E-state index in [1.54, 1.807) is 0 Å². The molecule has 1 aliphatic heterocycles. The van der Waals surface area contributed by atoms with Crippen molar-refractivity contribution in [2.24, 2.45) is 0 Å². The van der Waals surface area contributed by atoms with Crippen LogP contribution in [0.2, 0.25) is 0 Å². The first-order valence-electron chi connectivity index (χ1n) is 19.0. The van der Waals surface area contributed by atoms with Crippen LogP contribution in [0.15, 0.2) is 163 Å². The molecule has 1 N–H and O–H groups in total. The van der Waals surface area contributed by atoms with Gasteiger partial charge in [0, 0.05) is 38.2 Å². The number of nitrogens with one attached hydrogen (secondary N) is 1. The van der Waals surface area contributed by atoms with Crippen molar-refractivity contribution >= 4 is 56.1 Å². The third-order valence-electron chi connectivity index (χ3n) is 12.5. The highest BCUT2D eigenvalue weighted by atomic mass is 32.2. The summed E-state index contributed by atoms with van der Waals surface area (Å²) in [5, 5.41) is 9.18. The predicted molar refractivity (Wildman–Crippen MR) is 230 cm³/mol. The molecule has 0 bridgehead atoms. The van der Waals surface area contributed by atoms with Crippen molar-refractivity contribution in [3.63, 3.8) is 0 Å². The molecule has 1 unspecified atom stereocenters. The summed E-state index contributed by atoms with van der Waals surface area (Å²) in [4.78, 5) is 3.82. The fraction of sp³-hybridized carbons (Fsp3) is 0.137. The summed E-state index contributed by atoms with van der Waals surface area (Å²) in [6.45, 7) is 9.49. The van der Waals surface area contributed by atoms with Crippen LogP contribution in [0, 0.1) is 0 Å². The van der Waals surface area contributed by atoms with Crippen molar-refractivity contribution in [1.82, 2.24) is 0 Å². The smallest absolute Gasteiger partial charge is 0.103 e. The first-order valence-corrected chi connectivity index (χ1v) is 19.9. The highest BCUT2D eigenvalue weighted by Gasteiger charge is 2.38. The van der Waals surface area contributed by atoms with Crippen LogP contribution in [0.4, 0.5) is 22.7 Å². The Labute approximate surface area is 321 Å². The summed E-state index contributed by atoms with van der Waals surface area (Å²) in [5.41, 5.74) is 16.7. The Kier molecular flexibility index (Phi) is 6.68. The van der Waals surface area contributed by atoms with Crippen molar-refractivity contribution in [1.29, 1.82) is 0 Å². The lowest BCUT2D eigenvalue weighted by Gasteiger charge is -2.30. The zero-order valence-electron chi connectivity index (χ0n) is 30.9. The van der Waals surface area contributed by atoms with Gasteiger partial charge in [0.25, 0.3) is 0 Å². The van der Waals surface area contributed by atoms with E-state index in [4.69, 9.17) is 0 Å². The number of anilines is 4.